The van der Waals surface area contributed by atoms with Gasteiger partial charge in [0, 0.05) is 42.0 Å². The largest absolute Gasteiger partial charge is 0.494 e. The number of nitrogens with two attached hydrogens (primary N) is 1. The fourth-order valence-corrected chi connectivity index (χ4v) is 5.12. The van der Waals surface area contributed by atoms with Gasteiger partial charge in [-0.3, -0.25) is 14.5 Å². The molecule has 2 heterocycles. The third-order valence-corrected chi connectivity index (χ3v) is 6.99. The van der Waals surface area contributed by atoms with Gasteiger partial charge in [0.25, 0.3) is 11.8 Å². The number of nitrogen functional groups attached to an aromatic ring is 1. The molecule has 0 unspecified atom stereocenters. The van der Waals surface area contributed by atoms with Crippen molar-refractivity contribution < 1.29 is 18.7 Å². The molecule has 2 aliphatic heterocycles. The molecule has 0 aliphatic carbocycles. The highest BCUT2D eigenvalue weighted by Crippen LogP contribution is 2.38. The molecule has 0 spiro atoms. The number of rotatable bonds is 6. The number of nitrogens with zero attached hydrogens (tertiary/aromatic N) is 2. The molecule has 2 amide bonds. The Bertz CT molecular complexity index is 1260. The molecule has 184 valence electrons. The third kappa shape index (κ3) is 4.81. The van der Waals surface area contributed by atoms with Gasteiger partial charge in [0.1, 0.15) is 11.6 Å². The number of benzene rings is 3. The van der Waals surface area contributed by atoms with E-state index in [-0.39, 0.29) is 36.1 Å². The van der Waals surface area contributed by atoms with Gasteiger partial charge in [0.05, 0.1) is 22.9 Å². The van der Waals surface area contributed by atoms with E-state index in [2.05, 4.69) is 4.90 Å². The fraction of sp³-hybridized carbons (Fsp3) is 0.308. The first-order valence-corrected chi connectivity index (χ1v) is 11.8. The van der Waals surface area contributed by atoms with Crippen molar-refractivity contribution in [2.24, 2.45) is 0 Å². The molecule has 2 aliphatic rings. The number of carbonyl (C=O) groups excluding carboxylic acids is 2. The Morgan fingerprint density at radius 1 is 1.03 bits per heavy atom. The highest BCUT2D eigenvalue weighted by Gasteiger charge is 2.39. The van der Waals surface area contributed by atoms with Gasteiger partial charge in [0.15, 0.2) is 0 Å². The number of halogens is 3. The van der Waals surface area contributed by atoms with E-state index in [1.807, 2.05) is 0 Å². The van der Waals surface area contributed by atoms with Crippen LogP contribution in [0.2, 0.25) is 5.02 Å². The zero-order chi connectivity index (χ0) is 23.8. The maximum Gasteiger partial charge on any atom is 0.261 e. The summed E-state index contributed by atoms with van der Waals surface area (Å²) in [6.45, 7) is 2.97. The highest BCUT2D eigenvalue weighted by molar-refractivity contribution is 6.37. The number of imide groups is 1. The van der Waals surface area contributed by atoms with Gasteiger partial charge in [0.2, 0.25) is 0 Å². The quantitative estimate of drug-likeness (QED) is 0.277. The van der Waals surface area contributed by atoms with Crippen molar-refractivity contribution >= 4 is 52.3 Å². The predicted octanol–water partition coefficient (Wildman–Crippen LogP) is 5.17. The van der Waals surface area contributed by atoms with Crippen LogP contribution in [0.3, 0.4) is 0 Å². The molecular weight excluding hydrogens is 492 g/mol. The monoisotopic (exact) mass is 517 g/mol. The van der Waals surface area contributed by atoms with Crippen molar-refractivity contribution in [3.8, 4) is 5.75 Å². The van der Waals surface area contributed by atoms with Crippen LogP contribution in [0.25, 0.3) is 10.8 Å². The lowest BCUT2D eigenvalue weighted by atomic mass is 9.90. The van der Waals surface area contributed by atoms with E-state index in [0.717, 1.165) is 26.1 Å². The van der Waals surface area contributed by atoms with E-state index in [9.17, 15) is 14.0 Å². The Labute approximate surface area is 214 Å². The van der Waals surface area contributed by atoms with Gasteiger partial charge in [-0.15, -0.1) is 12.4 Å². The molecule has 9 heteroatoms. The van der Waals surface area contributed by atoms with Crippen LogP contribution < -0.4 is 10.5 Å². The smallest absolute Gasteiger partial charge is 0.261 e. The van der Waals surface area contributed by atoms with Crippen molar-refractivity contribution in [3.63, 3.8) is 0 Å². The number of hydrogen-bond acceptors (Lipinski definition) is 5. The molecule has 2 N–H and O–H groups in total. The summed E-state index contributed by atoms with van der Waals surface area (Å²) in [4.78, 5) is 30.4. The number of ether oxygens (including phenoxy) is 1. The molecule has 3 aromatic carbocycles. The molecule has 1 fully saturated rings. The maximum absolute atomic E-state index is 13.4. The summed E-state index contributed by atoms with van der Waals surface area (Å²) in [5.74, 6) is -0.203. The van der Waals surface area contributed by atoms with E-state index < -0.39 is 0 Å². The molecule has 0 bridgehead atoms. The van der Waals surface area contributed by atoms with Crippen LogP contribution in [-0.4, -0.2) is 53.9 Å². The van der Waals surface area contributed by atoms with Gasteiger partial charge in [-0.1, -0.05) is 23.7 Å². The normalized spacial score (nSPS) is 16.5. The van der Waals surface area contributed by atoms with E-state index in [1.165, 1.54) is 17.0 Å². The summed E-state index contributed by atoms with van der Waals surface area (Å²) in [6.07, 6.45) is 2.26. The second kappa shape index (κ2) is 10.4. The topological polar surface area (TPSA) is 75.9 Å². The van der Waals surface area contributed by atoms with Crippen molar-refractivity contribution in [1.29, 1.82) is 0 Å². The molecule has 6 nitrogen and oxygen atoms in total. The molecule has 0 aromatic heterocycles. The molecule has 0 saturated carbocycles. The van der Waals surface area contributed by atoms with E-state index in [4.69, 9.17) is 22.1 Å². The SMILES string of the molecule is Cl.Nc1c(Cl)cc2c3c(cccc13)C(=O)N(C1CCN(CCCOc3ccc(F)cc3)CC1)C2=O. The number of likely N-dealkylation sites (tertiary alicyclic amines) is 1. The van der Waals surface area contributed by atoms with Crippen LogP contribution in [0.1, 0.15) is 40.0 Å². The summed E-state index contributed by atoms with van der Waals surface area (Å²) in [5, 5.41) is 1.55. The molecule has 0 radical (unpaired) electrons. The maximum atomic E-state index is 13.4. The zero-order valence-corrected chi connectivity index (χ0v) is 20.6. The van der Waals surface area contributed by atoms with E-state index in [0.29, 0.717) is 57.8 Å². The first-order valence-electron chi connectivity index (χ1n) is 11.4. The second-order valence-corrected chi connectivity index (χ2v) is 9.16. The molecule has 1 saturated heterocycles. The number of piperidine rings is 1. The van der Waals surface area contributed by atoms with Gasteiger partial charge in [-0.2, -0.15) is 0 Å². The first kappa shape index (κ1) is 25.2. The molecule has 3 aromatic rings. The zero-order valence-electron chi connectivity index (χ0n) is 19.0. The molecule has 35 heavy (non-hydrogen) atoms. The summed E-state index contributed by atoms with van der Waals surface area (Å²) < 4.78 is 18.6. The van der Waals surface area contributed by atoms with Crippen LogP contribution >= 0.6 is 24.0 Å². The molecule has 5 rings (SSSR count). The minimum atomic E-state index is -0.304. The summed E-state index contributed by atoms with van der Waals surface area (Å²) in [6, 6.07) is 12.7. The summed E-state index contributed by atoms with van der Waals surface area (Å²) in [5.41, 5.74) is 7.42. The van der Waals surface area contributed by atoms with Crippen LogP contribution in [0.4, 0.5) is 10.1 Å². The van der Waals surface area contributed by atoms with E-state index >= 15 is 0 Å². The minimum absolute atomic E-state index is 0. The van der Waals surface area contributed by atoms with Gasteiger partial charge in [-0.05, 0) is 55.7 Å². The van der Waals surface area contributed by atoms with Gasteiger partial charge < -0.3 is 15.4 Å². The van der Waals surface area contributed by atoms with Gasteiger partial charge in [-0.25, -0.2) is 4.39 Å². The Balaban J connectivity index is 0.00000289. The summed E-state index contributed by atoms with van der Waals surface area (Å²) >= 11 is 6.29. The Kier molecular flexibility index (Phi) is 7.50. The summed E-state index contributed by atoms with van der Waals surface area (Å²) in [7, 11) is 0. The fourth-order valence-electron chi connectivity index (χ4n) is 4.91. The third-order valence-electron chi connectivity index (χ3n) is 6.67. The Morgan fingerprint density at radius 2 is 1.71 bits per heavy atom. The number of anilines is 1. The minimum Gasteiger partial charge on any atom is -0.494 e. The average Bonchev–Trinajstić information content (AvgIpc) is 2.85. The van der Waals surface area contributed by atoms with Crippen LogP contribution in [-0.2, 0) is 0 Å². The lowest BCUT2D eigenvalue weighted by molar-refractivity contribution is 0.0455. The molecular formula is C26H26Cl2FN3O3. The van der Waals surface area contributed by atoms with Crippen LogP contribution in [0, 0.1) is 5.82 Å². The lowest BCUT2D eigenvalue weighted by Gasteiger charge is -2.39. The first-order chi connectivity index (χ1) is 16.4. The lowest BCUT2D eigenvalue weighted by Crippen LogP contribution is -2.51. The van der Waals surface area contributed by atoms with Crippen LogP contribution in [0.15, 0.2) is 48.5 Å². The van der Waals surface area contributed by atoms with Gasteiger partial charge >= 0.3 is 0 Å². The highest BCUT2D eigenvalue weighted by atomic mass is 35.5. The van der Waals surface area contributed by atoms with E-state index in [1.54, 1.807) is 36.4 Å². The number of amides is 2. The van der Waals surface area contributed by atoms with Crippen molar-refractivity contribution in [3.05, 3.63) is 70.5 Å². The van der Waals surface area contributed by atoms with Crippen molar-refractivity contribution in [2.45, 2.75) is 25.3 Å². The molecule has 0 atom stereocenters. The number of carbonyl (C=O) groups is 2. The predicted molar refractivity (Wildman–Crippen MR) is 137 cm³/mol. The Morgan fingerprint density at radius 3 is 2.43 bits per heavy atom. The van der Waals surface area contributed by atoms with Crippen molar-refractivity contribution in [1.82, 2.24) is 9.80 Å². The van der Waals surface area contributed by atoms with Crippen molar-refractivity contribution in [2.75, 3.05) is 32.0 Å². The Hall–Kier alpha value is -2.87. The average molecular weight is 518 g/mol. The standard InChI is InChI=1S/C26H25ClFN3O3.ClH/c27-22-15-21-23-19(24(22)29)3-1-4-20(23)25(32)31(26(21)33)17-9-12-30(13-10-17)11-2-14-34-18-7-5-16(28)6-8-18;/h1,3-8,15,17H,2,9-14,29H2;1H. The second-order valence-electron chi connectivity index (χ2n) is 8.76. The van der Waals surface area contributed by atoms with Crippen LogP contribution in [0.5, 0.6) is 5.75 Å². The number of hydrogen-bond donors (Lipinski definition) is 1.